The summed E-state index contributed by atoms with van der Waals surface area (Å²) in [5.41, 5.74) is 11.9. The fourth-order valence-electron chi connectivity index (χ4n) is 8.99. The molecule has 0 saturated carbocycles. The Balaban J connectivity index is 1.11. The van der Waals surface area contributed by atoms with Gasteiger partial charge in [0.25, 0.3) is 0 Å². The van der Waals surface area contributed by atoms with Crippen LogP contribution in [0.3, 0.4) is 0 Å². The number of rotatable bonds is 6. The summed E-state index contributed by atoms with van der Waals surface area (Å²) in [5, 5.41) is 9.68. The van der Waals surface area contributed by atoms with Gasteiger partial charge in [-0.15, -0.1) is 11.3 Å². The number of furan rings is 1. The molecule has 0 radical (unpaired) electrons. The van der Waals surface area contributed by atoms with Crippen LogP contribution in [0.5, 0.6) is 0 Å². The van der Waals surface area contributed by atoms with Gasteiger partial charge >= 0.3 is 0 Å². The number of fused-ring (bicyclic) bond motifs is 8. The predicted molar refractivity (Wildman–Crippen MR) is 253 cm³/mol. The molecule has 12 aromatic rings. The SMILES string of the molecule is c1ccc(-c2cccc3c2oc2c(N(c4ccc(-c5ccc6ccccc6c5)cc4)c4ccc(-c5ccc6ccccc6c5)c5c4sc4ccccc45)cccc23)cc1. The summed E-state index contributed by atoms with van der Waals surface area (Å²) in [6, 6.07) is 76.8. The number of nitrogens with zero attached hydrogens (tertiary/aromatic N) is 1. The van der Waals surface area contributed by atoms with Crippen molar-refractivity contribution in [2.45, 2.75) is 0 Å². The number of hydrogen-bond acceptors (Lipinski definition) is 3. The van der Waals surface area contributed by atoms with Crippen LogP contribution in [0.4, 0.5) is 17.1 Å². The van der Waals surface area contributed by atoms with Gasteiger partial charge in [-0.25, -0.2) is 0 Å². The predicted octanol–water partition coefficient (Wildman–Crippen LogP) is 16.7. The van der Waals surface area contributed by atoms with Gasteiger partial charge in [0.15, 0.2) is 5.58 Å². The van der Waals surface area contributed by atoms with Crippen molar-refractivity contribution in [3.8, 4) is 33.4 Å². The highest BCUT2D eigenvalue weighted by Gasteiger charge is 2.25. The lowest BCUT2D eigenvalue weighted by Gasteiger charge is -2.27. The molecule has 59 heavy (non-hydrogen) atoms. The molecule has 276 valence electrons. The first kappa shape index (κ1) is 33.7. The van der Waals surface area contributed by atoms with Crippen molar-refractivity contribution in [3.63, 3.8) is 0 Å². The molecule has 0 bridgehead atoms. The number of thiophene rings is 1. The van der Waals surface area contributed by atoms with Gasteiger partial charge < -0.3 is 9.32 Å². The molecule has 0 unspecified atom stereocenters. The second kappa shape index (κ2) is 13.6. The smallest absolute Gasteiger partial charge is 0.159 e. The third-order valence-electron chi connectivity index (χ3n) is 11.8. The van der Waals surface area contributed by atoms with Crippen molar-refractivity contribution in [2.24, 2.45) is 0 Å². The summed E-state index contributed by atoms with van der Waals surface area (Å²) < 4.78 is 9.59. The van der Waals surface area contributed by atoms with E-state index in [0.717, 1.165) is 50.1 Å². The molecule has 3 heteroatoms. The minimum absolute atomic E-state index is 0.859. The first-order valence-electron chi connectivity index (χ1n) is 20.1. The zero-order valence-corrected chi connectivity index (χ0v) is 32.8. The summed E-state index contributed by atoms with van der Waals surface area (Å²) in [4.78, 5) is 2.42. The fourth-order valence-corrected chi connectivity index (χ4v) is 10.2. The van der Waals surface area contributed by atoms with E-state index in [1.807, 2.05) is 11.3 Å². The maximum absolute atomic E-state index is 7.09. The molecule has 2 nitrogen and oxygen atoms in total. The maximum atomic E-state index is 7.09. The lowest BCUT2D eigenvalue weighted by atomic mass is 9.96. The van der Waals surface area contributed by atoms with Crippen molar-refractivity contribution < 1.29 is 4.42 Å². The van der Waals surface area contributed by atoms with Crippen LogP contribution < -0.4 is 4.90 Å². The molecule has 10 aromatic carbocycles. The van der Waals surface area contributed by atoms with E-state index in [4.69, 9.17) is 4.42 Å². The Labute approximate surface area is 345 Å². The molecule has 12 rings (SSSR count). The largest absolute Gasteiger partial charge is 0.453 e. The average Bonchev–Trinajstić information content (AvgIpc) is 3.89. The van der Waals surface area contributed by atoms with Gasteiger partial charge in [0.2, 0.25) is 0 Å². The third kappa shape index (κ3) is 5.55. The molecule has 2 heterocycles. The van der Waals surface area contributed by atoms with Crippen molar-refractivity contribution in [1.29, 1.82) is 0 Å². The van der Waals surface area contributed by atoms with Crippen LogP contribution in [0, 0.1) is 0 Å². The van der Waals surface area contributed by atoms with Crippen LogP contribution >= 0.6 is 11.3 Å². The van der Waals surface area contributed by atoms with Crippen LogP contribution in [-0.4, -0.2) is 0 Å². The van der Waals surface area contributed by atoms with Gasteiger partial charge in [0, 0.05) is 37.5 Å². The number of benzene rings is 10. The maximum Gasteiger partial charge on any atom is 0.159 e. The van der Waals surface area contributed by atoms with E-state index in [1.165, 1.54) is 64.0 Å². The molecule has 0 aliphatic heterocycles. The van der Waals surface area contributed by atoms with Crippen molar-refractivity contribution in [2.75, 3.05) is 4.90 Å². The standard InChI is InChI=1S/C56H35NOS/c1-2-14-39(15-3-1)46-19-10-20-47-48-21-11-22-50(55(48)58-54(46)47)57(44-30-28-38(29-31-44)42-26-24-36-12-4-6-16-40(36)34-42)51-33-32-45(43-27-25-37-13-5-7-17-41(37)35-43)53-49-18-8-9-23-52(49)59-56(51)53/h1-35H. The molecule has 0 fully saturated rings. The fraction of sp³-hybridized carbons (Fsp3) is 0. The van der Waals surface area contributed by atoms with Gasteiger partial charge in [-0.1, -0.05) is 170 Å². The van der Waals surface area contributed by atoms with Crippen LogP contribution in [0.25, 0.3) is 97.0 Å². The van der Waals surface area contributed by atoms with E-state index in [2.05, 4.69) is 217 Å². The van der Waals surface area contributed by atoms with E-state index < -0.39 is 0 Å². The molecule has 0 N–H and O–H groups in total. The van der Waals surface area contributed by atoms with Gasteiger partial charge in [0.1, 0.15) is 5.58 Å². The van der Waals surface area contributed by atoms with Crippen molar-refractivity contribution >= 4 is 92.1 Å². The van der Waals surface area contributed by atoms with Crippen LogP contribution in [-0.2, 0) is 0 Å². The zero-order chi connectivity index (χ0) is 38.9. The zero-order valence-electron chi connectivity index (χ0n) is 32.0. The minimum Gasteiger partial charge on any atom is -0.453 e. The monoisotopic (exact) mass is 769 g/mol. The van der Waals surface area contributed by atoms with Crippen molar-refractivity contribution in [3.05, 3.63) is 212 Å². The Bertz CT molecular complexity index is 3560. The Morgan fingerprint density at radius 1 is 0.356 bits per heavy atom. The molecule has 0 spiro atoms. The van der Waals surface area contributed by atoms with E-state index in [-0.39, 0.29) is 0 Å². The Hall–Kier alpha value is -7.46. The average molecular weight is 770 g/mol. The Morgan fingerprint density at radius 3 is 1.75 bits per heavy atom. The normalized spacial score (nSPS) is 11.7. The number of hydrogen-bond donors (Lipinski definition) is 0. The van der Waals surface area contributed by atoms with Crippen molar-refractivity contribution in [1.82, 2.24) is 0 Å². The van der Waals surface area contributed by atoms with Gasteiger partial charge in [-0.05, 0) is 91.8 Å². The lowest BCUT2D eigenvalue weighted by molar-refractivity contribution is 0.670. The molecule has 0 amide bonds. The molecule has 0 aliphatic rings. The van der Waals surface area contributed by atoms with Crippen LogP contribution in [0.15, 0.2) is 217 Å². The summed E-state index contributed by atoms with van der Waals surface area (Å²) in [7, 11) is 0. The lowest BCUT2D eigenvalue weighted by Crippen LogP contribution is -2.10. The molecular weight excluding hydrogens is 735 g/mol. The molecule has 0 saturated heterocycles. The van der Waals surface area contributed by atoms with E-state index >= 15 is 0 Å². The second-order valence-electron chi connectivity index (χ2n) is 15.2. The summed E-state index contributed by atoms with van der Waals surface area (Å²) in [6.07, 6.45) is 0. The van der Waals surface area contributed by atoms with E-state index in [9.17, 15) is 0 Å². The van der Waals surface area contributed by atoms with E-state index in [1.54, 1.807) is 0 Å². The first-order chi connectivity index (χ1) is 29.2. The number of para-hydroxylation sites is 2. The van der Waals surface area contributed by atoms with E-state index in [0.29, 0.717) is 0 Å². The number of anilines is 3. The highest BCUT2D eigenvalue weighted by Crippen LogP contribution is 2.51. The Kier molecular flexibility index (Phi) is 7.75. The Morgan fingerprint density at radius 2 is 0.966 bits per heavy atom. The summed E-state index contributed by atoms with van der Waals surface area (Å²) in [5.74, 6) is 0. The topological polar surface area (TPSA) is 16.4 Å². The van der Waals surface area contributed by atoms with Gasteiger partial charge in [-0.2, -0.15) is 0 Å². The highest BCUT2D eigenvalue weighted by atomic mass is 32.1. The highest BCUT2D eigenvalue weighted by molar-refractivity contribution is 7.26. The van der Waals surface area contributed by atoms with Crippen LogP contribution in [0.2, 0.25) is 0 Å². The van der Waals surface area contributed by atoms with Gasteiger partial charge in [0.05, 0.1) is 16.1 Å². The quantitative estimate of drug-likeness (QED) is 0.167. The molecule has 0 atom stereocenters. The van der Waals surface area contributed by atoms with Gasteiger partial charge in [-0.3, -0.25) is 0 Å². The second-order valence-corrected chi connectivity index (χ2v) is 16.3. The minimum atomic E-state index is 0.859. The third-order valence-corrected chi connectivity index (χ3v) is 13.0. The summed E-state index contributed by atoms with van der Waals surface area (Å²) in [6.45, 7) is 0. The van der Waals surface area contributed by atoms with Crippen LogP contribution in [0.1, 0.15) is 0 Å². The molecule has 0 aliphatic carbocycles. The summed E-state index contributed by atoms with van der Waals surface area (Å²) >= 11 is 1.86. The molecular formula is C56H35NOS. The molecule has 2 aromatic heterocycles. The first-order valence-corrected chi connectivity index (χ1v) is 20.9.